The fourth-order valence-corrected chi connectivity index (χ4v) is 3.64. The Hall–Kier alpha value is -2.58. The molecule has 1 fully saturated rings. The zero-order chi connectivity index (χ0) is 19.1. The Morgan fingerprint density at radius 2 is 1.96 bits per heavy atom. The summed E-state index contributed by atoms with van der Waals surface area (Å²) in [5.74, 6) is 2.05. The summed E-state index contributed by atoms with van der Waals surface area (Å²) < 4.78 is 15.7. The third kappa shape index (κ3) is 4.58. The number of aromatic nitrogens is 1. The van der Waals surface area contributed by atoms with Crippen molar-refractivity contribution in [3.63, 3.8) is 0 Å². The molecule has 6 nitrogen and oxygen atoms in total. The van der Waals surface area contributed by atoms with Crippen molar-refractivity contribution in [2.75, 3.05) is 39.3 Å². The third-order valence-corrected chi connectivity index (χ3v) is 5.36. The molecular weight excluding hydrogens is 362 g/mol. The maximum atomic E-state index is 9.74. The van der Waals surface area contributed by atoms with E-state index in [0.29, 0.717) is 46.6 Å². The van der Waals surface area contributed by atoms with Gasteiger partial charge in [0.05, 0.1) is 30.9 Å². The number of pyridine rings is 1. The Balaban J connectivity index is 1.88. The van der Waals surface area contributed by atoms with E-state index < -0.39 is 0 Å². The Morgan fingerprint density at radius 3 is 2.56 bits per heavy atom. The predicted molar refractivity (Wildman–Crippen MR) is 102 cm³/mol. The van der Waals surface area contributed by atoms with Crippen molar-refractivity contribution >= 4 is 11.8 Å². The third-order valence-electron chi connectivity index (χ3n) is 4.14. The molecule has 1 aromatic heterocycles. The van der Waals surface area contributed by atoms with Gasteiger partial charge in [-0.05, 0) is 17.7 Å². The van der Waals surface area contributed by atoms with Crippen LogP contribution in [0.15, 0.2) is 35.5 Å². The van der Waals surface area contributed by atoms with Crippen molar-refractivity contribution in [1.29, 1.82) is 10.5 Å². The smallest absolute Gasteiger partial charge is 0.119 e. The molecule has 0 bridgehead atoms. The second-order valence-electron chi connectivity index (χ2n) is 6.03. The maximum Gasteiger partial charge on any atom is 0.119 e. The lowest BCUT2D eigenvalue weighted by molar-refractivity contribution is -0.0196. The van der Waals surface area contributed by atoms with Gasteiger partial charge in [-0.3, -0.25) is 0 Å². The molecule has 3 rings (SSSR count). The first kappa shape index (κ1) is 19.2. The summed E-state index contributed by atoms with van der Waals surface area (Å²) >= 11 is 1.54. The van der Waals surface area contributed by atoms with E-state index in [0.717, 1.165) is 24.5 Å². The van der Waals surface area contributed by atoms with E-state index in [1.165, 1.54) is 11.8 Å². The molecule has 2 aromatic rings. The minimum absolute atomic E-state index is 0.385. The minimum Gasteiger partial charge on any atom is -0.491 e. The van der Waals surface area contributed by atoms with Crippen molar-refractivity contribution in [1.82, 2.24) is 4.98 Å². The molecule has 1 aliphatic rings. The first-order valence-corrected chi connectivity index (χ1v) is 9.51. The van der Waals surface area contributed by atoms with Gasteiger partial charge in [0.2, 0.25) is 0 Å². The molecule has 0 unspecified atom stereocenters. The molecule has 1 aromatic carbocycles. The van der Waals surface area contributed by atoms with Crippen molar-refractivity contribution < 1.29 is 14.2 Å². The van der Waals surface area contributed by atoms with Gasteiger partial charge in [-0.15, -0.1) is 11.8 Å². The second kappa shape index (κ2) is 9.38. The van der Waals surface area contributed by atoms with Crippen LogP contribution in [0.1, 0.15) is 11.1 Å². The SMILES string of the molecule is COCCOc1ccc(-c2c(C#N)cnc(SCC3COC3)c2C#N)cc1. The van der Waals surface area contributed by atoms with Crippen molar-refractivity contribution in [2.24, 2.45) is 5.92 Å². The van der Waals surface area contributed by atoms with Crippen LogP contribution < -0.4 is 4.74 Å². The van der Waals surface area contributed by atoms with Crippen LogP contribution in [-0.4, -0.2) is 44.3 Å². The molecule has 0 aliphatic carbocycles. The predicted octanol–water partition coefficient (Wildman–Crippen LogP) is 3.26. The first-order valence-electron chi connectivity index (χ1n) is 8.52. The highest BCUT2D eigenvalue weighted by Crippen LogP contribution is 2.34. The molecule has 138 valence electrons. The lowest BCUT2D eigenvalue weighted by atomic mass is 9.97. The Labute approximate surface area is 162 Å². The van der Waals surface area contributed by atoms with Crippen LogP contribution in [0.5, 0.6) is 5.75 Å². The van der Waals surface area contributed by atoms with Crippen LogP contribution in [0, 0.1) is 28.6 Å². The lowest BCUT2D eigenvalue weighted by Gasteiger charge is -2.25. The van der Waals surface area contributed by atoms with E-state index in [-0.39, 0.29) is 0 Å². The molecular formula is C20H19N3O3S. The van der Waals surface area contributed by atoms with Gasteiger partial charge in [-0.1, -0.05) is 12.1 Å². The average molecular weight is 381 g/mol. The van der Waals surface area contributed by atoms with Gasteiger partial charge in [0.25, 0.3) is 0 Å². The topological polar surface area (TPSA) is 88.2 Å². The molecule has 27 heavy (non-hydrogen) atoms. The molecule has 0 saturated carbocycles. The summed E-state index contributed by atoms with van der Waals surface area (Å²) in [5, 5.41) is 19.9. The Kier molecular flexibility index (Phi) is 6.67. The number of thioether (sulfide) groups is 1. The van der Waals surface area contributed by atoms with Crippen LogP contribution in [0.2, 0.25) is 0 Å². The molecule has 0 spiro atoms. The van der Waals surface area contributed by atoms with Gasteiger partial charge in [0, 0.05) is 30.5 Å². The molecule has 2 heterocycles. The highest BCUT2D eigenvalue weighted by molar-refractivity contribution is 7.99. The highest BCUT2D eigenvalue weighted by atomic mass is 32.2. The number of nitrogens with zero attached hydrogens (tertiary/aromatic N) is 3. The van der Waals surface area contributed by atoms with Crippen LogP contribution in [0.3, 0.4) is 0 Å². The fourth-order valence-electron chi connectivity index (χ4n) is 2.63. The number of methoxy groups -OCH3 is 1. The van der Waals surface area contributed by atoms with E-state index in [1.807, 2.05) is 24.3 Å². The Morgan fingerprint density at radius 1 is 1.19 bits per heavy atom. The van der Waals surface area contributed by atoms with E-state index in [1.54, 1.807) is 13.3 Å². The minimum atomic E-state index is 0.385. The summed E-state index contributed by atoms with van der Waals surface area (Å²) in [6, 6.07) is 11.7. The number of rotatable bonds is 8. The molecule has 0 amide bonds. The van der Waals surface area contributed by atoms with Crippen molar-refractivity contribution in [2.45, 2.75) is 5.03 Å². The summed E-state index contributed by atoms with van der Waals surface area (Å²) in [6.07, 6.45) is 1.54. The number of hydrogen-bond donors (Lipinski definition) is 0. The van der Waals surface area contributed by atoms with E-state index in [2.05, 4.69) is 17.1 Å². The van der Waals surface area contributed by atoms with Crippen molar-refractivity contribution in [3.05, 3.63) is 41.6 Å². The largest absolute Gasteiger partial charge is 0.491 e. The van der Waals surface area contributed by atoms with Crippen LogP contribution >= 0.6 is 11.8 Å². The van der Waals surface area contributed by atoms with Crippen LogP contribution in [0.4, 0.5) is 0 Å². The maximum absolute atomic E-state index is 9.74. The zero-order valence-electron chi connectivity index (χ0n) is 15.0. The molecule has 1 aliphatic heterocycles. The quantitative estimate of drug-likeness (QED) is 0.512. The lowest BCUT2D eigenvalue weighted by Crippen LogP contribution is -2.29. The van der Waals surface area contributed by atoms with E-state index >= 15 is 0 Å². The normalized spacial score (nSPS) is 13.4. The number of benzene rings is 1. The number of ether oxygens (including phenoxy) is 3. The van der Waals surface area contributed by atoms with Gasteiger partial charge < -0.3 is 14.2 Å². The monoisotopic (exact) mass is 381 g/mol. The van der Waals surface area contributed by atoms with Gasteiger partial charge in [0.15, 0.2) is 0 Å². The van der Waals surface area contributed by atoms with Gasteiger partial charge >= 0.3 is 0 Å². The molecule has 0 atom stereocenters. The zero-order valence-corrected chi connectivity index (χ0v) is 15.8. The van der Waals surface area contributed by atoms with Gasteiger partial charge in [-0.25, -0.2) is 4.98 Å². The molecule has 0 radical (unpaired) electrons. The standard InChI is InChI=1S/C20H19N3O3S/c1-24-6-7-26-17-4-2-15(3-5-17)19-16(8-21)10-23-20(18(19)9-22)27-13-14-11-25-12-14/h2-5,10,14H,6-7,11-13H2,1H3. The summed E-state index contributed by atoms with van der Waals surface area (Å²) in [6.45, 7) is 2.48. The van der Waals surface area contributed by atoms with Crippen molar-refractivity contribution in [3.8, 4) is 29.0 Å². The summed E-state index contributed by atoms with van der Waals surface area (Å²) in [4.78, 5) is 4.34. The molecule has 1 saturated heterocycles. The number of nitriles is 2. The average Bonchev–Trinajstić information content (AvgIpc) is 2.67. The van der Waals surface area contributed by atoms with Crippen LogP contribution in [-0.2, 0) is 9.47 Å². The molecule has 7 heteroatoms. The van der Waals surface area contributed by atoms with Crippen LogP contribution in [0.25, 0.3) is 11.1 Å². The fraction of sp³-hybridized carbons (Fsp3) is 0.350. The van der Waals surface area contributed by atoms with Gasteiger partial charge in [-0.2, -0.15) is 10.5 Å². The molecule has 0 N–H and O–H groups in total. The summed E-state index contributed by atoms with van der Waals surface area (Å²) in [5.41, 5.74) is 2.23. The van der Waals surface area contributed by atoms with E-state index in [9.17, 15) is 10.5 Å². The second-order valence-corrected chi connectivity index (χ2v) is 7.04. The Bertz CT molecular complexity index is 868. The van der Waals surface area contributed by atoms with E-state index in [4.69, 9.17) is 14.2 Å². The summed E-state index contributed by atoms with van der Waals surface area (Å²) in [7, 11) is 1.62. The van der Waals surface area contributed by atoms with Gasteiger partial charge in [0.1, 0.15) is 29.5 Å². The first-order chi connectivity index (χ1) is 13.3. The number of hydrogen-bond acceptors (Lipinski definition) is 7. The highest BCUT2D eigenvalue weighted by Gasteiger charge is 2.22.